The minimum absolute atomic E-state index is 0.0980. The van der Waals surface area contributed by atoms with Gasteiger partial charge in [-0.25, -0.2) is 9.38 Å². The summed E-state index contributed by atoms with van der Waals surface area (Å²) in [6.45, 7) is 3.27. The average molecular weight is 408 g/mol. The van der Waals surface area contributed by atoms with E-state index in [2.05, 4.69) is 4.99 Å². The van der Waals surface area contributed by atoms with Crippen LogP contribution in [-0.4, -0.2) is 16.1 Å². The number of para-hydroxylation sites is 1. The first-order valence-corrected chi connectivity index (χ1v) is 10.1. The van der Waals surface area contributed by atoms with Gasteiger partial charge in [-0.3, -0.25) is 14.2 Å². The Balaban J connectivity index is 1.83. The summed E-state index contributed by atoms with van der Waals surface area (Å²) in [4.78, 5) is 31.0. The van der Waals surface area contributed by atoms with Crippen molar-refractivity contribution in [3.8, 4) is 5.75 Å². The van der Waals surface area contributed by atoms with Crippen molar-refractivity contribution >= 4 is 23.2 Å². The van der Waals surface area contributed by atoms with Crippen molar-refractivity contribution < 1.29 is 13.9 Å². The van der Waals surface area contributed by atoms with E-state index < -0.39 is 23.5 Å². The molecule has 3 atom stereocenters. The maximum absolute atomic E-state index is 14.1. The van der Waals surface area contributed by atoms with E-state index in [-0.39, 0.29) is 11.3 Å². The minimum Gasteiger partial charge on any atom is -0.465 e. The number of ether oxygens (including phenoxy) is 1. The molecule has 5 nitrogen and oxygen atoms in total. The number of hydrogen-bond donors (Lipinski definition) is 0. The summed E-state index contributed by atoms with van der Waals surface area (Å²) >= 11 is 1.18. The molecule has 0 saturated carbocycles. The van der Waals surface area contributed by atoms with Crippen LogP contribution in [0.1, 0.15) is 31.0 Å². The Morgan fingerprint density at radius 1 is 1.24 bits per heavy atom. The largest absolute Gasteiger partial charge is 0.465 e. The van der Waals surface area contributed by atoms with Crippen LogP contribution >= 0.6 is 11.3 Å². The Hall–Kier alpha value is -3.06. The van der Waals surface area contributed by atoms with Gasteiger partial charge in [0.2, 0.25) is 5.72 Å². The van der Waals surface area contributed by atoms with Crippen LogP contribution in [0, 0.1) is 11.7 Å². The predicted molar refractivity (Wildman–Crippen MR) is 107 cm³/mol. The molecule has 3 aromatic rings. The van der Waals surface area contributed by atoms with Gasteiger partial charge < -0.3 is 4.74 Å². The molecule has 3 heterocycles. The van der Waals surface area contributed by atoms with Gasteiger partial charge in [0.1, 0.15) is 23.3 Å². The zero-order valence-corrected chi connectivity index (χ0v) is 16.6. The molecule has 0 amide bonds. The summed E-state index contributed by atoms with van der Waals surface area (Å²) in [7, 11) is 0. The summed E-state index contributed by atoms with van der Waals surface area (Å²) < 4.78 is 22.2. The number of thiazole rings is 1. The molecule has 0 N–H and O–H groups in total. The smallest absolute Gasteiger partial charge is 0.270 e. The van der Waals surface area contributed by atoms with Crippen molar-refractivity contribution in [3.05, 3.63) is 85.2 Å². The van der Waals surface area contributed by atoms with Gasteiger partial charge in [-0.1, -0.05) is 47.7 Å². The van der Waals surface area contributed by atoms with Crippen molar-refractivity contribution in [2.24, 2.45) is 10.9 Å². The van der Waals surface area contributed by atoms with Gasteiger partial charge in [0.05, 0.1) is 10.6 Å². The lowest BCUT2D eigenvalue weighted by atomic mass is 9.79. The number of nitrogens with zero attached hydrogens (tertiary/aromatic N) is 2. The Morgan fingerprint density at radius 2 is 1.97 bits per heavy atom. The van der Waals surface area contributed by atoms with Crippen LogP contribution in [0.25, 0.3) is 6.08 Å². The topological polar surface area (TPSA) is 60.7 Å². The third kappa shape index (κ3) is 2.61. The number of rotatable bonds is 2. The van der Waals surface area contributed by atoms with Gasteiger partial charge >= 0.3 is 0 Å². The highest BCUT2D eigenvalue weighted by Gasteiger charge is 2.53. The predicted octanol–water partition coefficient (Wildman–Crippen LogP) is 2.41. The molecule has 0 fully saturated rings. The highest BCUT2D eigenvalue weighted by Crippen LogP contribution is 2.47. The van der Waals surface area contributed by atoms with E-state index in [1.807, 2.05) is 24.3 Å². The van der Waals surface area contributed by atoms with Gasteiger partial charge in [-0.2, -0.15) is 0 Å². The lowest BCUT2D eigenvalue weighted by molar-refractivity contribution is -0.132. The van der Waals surface area contributed by atoms with Gasteiger partial charge in [-0.05, 0) is 32.1 Å². The molecular weight excluding hydrogens is 391 g/mol. The van der Waals surface area contributed by atoms with E-state index >= 15 is 0 Å². The maximum atomic E-state index is 14.1. The number of carbonyl (C=O) groups is 1. The van der Waals surface area contributed by atoms with Crippen LogP contribution in [0.15, 0.2) is 58.3 Å². The first-order chi connectivity index (χ1) is 13.9. The second kappa shape index (κ2) is 6.22. The molecule has 2 aromatic carbocycles. The molecule has 0 radical (unpaired) electrons. The Morgan fingerprint density at radius 3 is 2.72 bits per heavy atom. The summed E-state index contributed by atoms with van der Waals surface area (Å²) in [5.41, 5.74) is -0.277. The van der Waals surface area contributed by atoms with Gasteiger partial charge in [0.15, 0.2) is 4.80 Å². The van der Waals surface area contributed by atoms with E-state index in [9.17, 15) is 14.0 Å². The van der Waals surface area contributed by atoms with Crippen LogP contribution in [-0.2, 0) is 4.79 Å². The van der Waals surface area contributed by atoms with Crippen LogP contribution in [0.4, 0.5) is 4.39 Å². The lowest BCUT2D eigenvalue weighted by Gasteiger charge is -2.45. The van der Waals surface area contributed by atoms with E-state index in [0.717, 1.165) is 5.56 Å². The molecule has 29 heavy (non-hydrogen) atoms. The van der Waals surface area contributed by atoms with Crippen molar-refractivity contribution in [3.63, 3.8) is 0 Å². The van der Waals surface area contributed by atoms with Gasteiger partial charge in [0.25, 0.3) is 5.56 Å². The number of carbonyl (C=O) groups excluding carboxylic acids is 1. The maximum Gasteiger partial charge on any atom is 0.270 e. The second-order valence-corrected chi connectivity index (χ2v) is 8.44. The molecule has 0 spiro atoms. The first kappa shape index (κ1) is 18.0. The number of aromatic nitrogens is 1. The number of fused-ring (bicyclic) bond motifs is 6. The summed E-state index contributed by atoms with van der Waals surface area (Å²) in [6, 6.07) is 13.2. The van der Waals surface area contributed by atoms with Crippen LogP contribution in [0.2, 0.25) is 0 Å². The normalized spacial score (nSPS) is 24.9. The number of benzene rings is 2. The van der Waals surface area contributed by atoms with Crippen LogP contribution in [0.3, 0.4) is 0 Å². The average Bonchev–Trinajstić information content (AvgIpc) is 2.96. The van der Waals surface area contributed by atoms with E-state index in [1.54, 1.807) is 29.7 Å². The Labute approximate surface area is 169 Å². The molecule has 2 aliphatic rings. The number of Topliss-reactive ketones (excluding diaryl/α,β-unsaturated/α-hetero) is 1. The zero-order valence-electron chi connectivity index (χ0n) is 15.8. The van der Waals surface area contributed by atoms with Crippen molar-refractivity contribution in [1.82, 2.24) is 4.57 Å². The molecule has 7 heteroatoms. The lowest BCUT2D eigenvalue weighted by Crippen LogP contribution is -2.58. The van der Waals surface area contributed by atoms with Crippen molar-refractivity contribution in [1.29, 1.82) is 0 Å². The third-order valence-electron chi connectivity index (χ3n) is 5.51. The summed E-state index contributed by atoms with van der Waals surface area (Å²) in [5, 5.41) is 0. The van der Waals surface area contributed by atoms with Crippen LogP contribution < -0.4 is 19.6 Å². The standard InChI is InChI=1S/C22H17FN2O3S/c1-12(26)18-19-14-8-4-6-10-16(14)28-22(18,2)24-21-25(19)20(27)17(29-21)11-13-7-3-5-9-15(13)23/h3-11,18-19H,1-2H3/b17-11-/t18-,19+,22-/m0/s1. The number of hydrogen-bond acceptors (Lipinski definition) is 5. The number of halogens is 1. The first-order valence-electron chi connectivity index (χ1n) is 9.25. The molecule has 0 saturated heterocycles. The molecule has 2 aliphatic heterocycles. The van der Waals surface area contributed by atoms with Gasteiger partial charge in [-0.15, -0.1) is 0 Å². The molecule has 0 aliphatic carbocycles. The van der Waals surface area contributed by atoms with Gasteiger partial charge in [0, 0.05) is 11.1 Å². The van der Waals surface area contributed by atoms with E-state index in [4.69, 9.17) is 4.74 Å². The SMILES string of the molecule is CC(=O)[C@H]1[C@H]2c3ccccc3O[C@]1(C)N=c1s/c(=C\c3ccccc3F)c(=O)n12. The fourth-order valence-corrected chi connectivity index (χ4v) is 5.38. The molecule has 1 aromatic heterocycles. The fourth-order valence-electron chi connectivity index (χ4n) is 4.29. The Bertz CT molecular complexity index is 1340. The molecule has 146 valence electrons. The fraction of sp³-hybridized carbons (Fsp3) is 0.227. The number of ketones is 1. The second-order valence-electron chi connectivity index (χ2n) is 7.43. The highest BCUT2D eigenvalue weighted by molar-refractivity contribution is 7.07. The summed E-state index contributed by atoms with van der Waals surface area (Å²) in [5.74, 6) is -0.511. The third-order valence-corrected chi connectivity index (χ3v) is 6.49. The highest BCUT2D eigenvalue weighted by atomic mass is 32.1. The van der Waals surface area contributed by atoms with E-state index in [0.29, 0.717) is 20.6 Å². The Kier molecular flexibility index (Phi) is 3.86. The van der Waals surface area contributed by atoms with E-state index in [1.165, 1.54) is 30.4 Å². The summed E-state index contributed by atoms with van der Waals surface area (Å²) in [6.07, 6.45) is 1.53. The molecule has 5 rings (SSSR count). The van der Waals surface area contributed by atoms with Crippen molar-refractivity contribution in [2.75, 3.05) is 0 Å². The minimum atomic E-state index is -1.10. The molecule has 0 unspecified atom stereocenters. The zero-order chi connectivity index (χ0) is 20.3. The monoisotopic (exact) mass is 408 g/mol. The van der Waals surface area contributed by atoms with Crippen molar-refractivity contribution in [2.45, 2.75) is 25.6 Å². The molecule has 2 bridgehead atoms. The van der Waals surface area contributed by atoms with Crippen LogP contribution in [0.5, 0.6) is 5.75 Å². The molecular formula is C22H17FN2O3S. The quantitative estimate of drug-likeness (QED) is 0.654.